The number of halogens is 3. The van der Waals surface area contributed by atoms with E-state index in [1.807, 2.05) is 45.9 Å². The number of Topliss-reactive ketones (excluding diaryl/α,β-unsaturated/α-hetero) is 2. The summed E-state index contributed by atoms with van der Waals surface area (Å²) >= 11 is 16.9. The SMILES string of the molecule is C=C(CBr)C(=O)OC(C)(C)CCCCC(=O)C[C@H](C(=O)N[C@@H](CCCNC(N)=O)C(=O)Cc1ccc(C(=O)N(C)[C@@H](C)C(=O)O[C@H]2CC(=O)N(C)c3cc(cc(C)c3Cl)C/C(C)=C/C=C/[C@@H](OC)[C@]3(O)CC(=O)O[C@@H](C3)[C@@H](C)[C@@H]3O[C@@]23C)c(Cl)c1)C(C)C. The zero-order valence-electron chi connectivity index (χ0n) is 52.7. The number of fused-ring (bicyclic) bond motifs is 5. The summed E-state index contributed by atoms with van der Waals surface area (Å²) in [6, 6.07) is 5.04. The quantitative estimate of drug-likeness (QED) is 0.0180. The van der Waals surface area contributed by atoms with Crippen molar-refractivity contribution in [1.29, 1.82) is 0 Å². The van der Waals surface area contributed by atoms with Crippen molar-refractivity contribution in [3.8, 4) is 0 Å². The van der Waals surface area contributed by atoms with Gasteiger partial charge in [-0.15, -0.1) is 0 Å². The topological polar surface area (TPSA) is 280 Å². The standard InChI is InChI=1S/C65H88BrCl2N5O15/c1-36(2)46(31-44(74)19-14-15-24-63(8,9)88-60(80)39(5)35-66)58(78)71-48(20-17-25-70-62(69)82)50(75)30-42-22-23-45(47(67)28-42)59(79)72(11)41(7)61(81)86-53-32-54(76)73(12)49-29-43(27-38(4)56(49)68)26-37(3)18-16-21-52(84-13)65(83)33-51(85-55(77)34-65)40(6)57-64(53,10)87-57/h16,18,21-23,27-29,36,40-41,46,48,51-53,57,83H,5,14-15,17,19-20,24-26,30-35H2,1-4,6-13H3,(H,71,78)(H3,69,70,82)/b21-16+,37-18+/t40-,41+,46+,48+,51+,52-,53+,57+,64+,65-/m1/s1. The lowest BCUT2D eigenvalue weighted by molar-refractivity contribution is -0.187. The number of allylic oxidation sites excluding steroid dienone is 3. The Balaban J connectivity index is 1.31. The lowest BCUT2D eigenvalue weighted by Crippen LogP contribution is -2.53. The first-order valence-corrected chi connectivity index (χ1v) is 31.7. The van der Waals surface area contributed by atoms with Gasteiger partial charge in [-0.25, -0.2) is 14.4 Å². The Bertz CT molecular complexity index is 3020. The fourth-order valence-electron chi connectivity index (χ4n) is 11.2. The van der Waals surface area contributed by atoms with Gasteiger partial charge in [0.15, 0.2) is 5.78 Å². The lowest BCUT2D eigenvalue weighted by Gasteiger charge is -2.41. The molecule has 0 aromatic heterocycles. The maximum Gasteiger partial charge on any atom is 0.334 e. The minimum Gasteiger partial charge on any atom is -0.462 e. The van der Waals surface area contributed by atoms with Gasteiger partial charge in [0.05, 0.1) is 46.3 Å². The highest BCUT2D eigenvalue weighted by molar-refractivity contribution is 9.09. The molecule has 0 saturated carbocycles. The van der Waals surface area contributed by atoms with Crippen LogP contribution in [0.2, 0.25) is 10.0 Å². The van der Waals surface area contributed by atoms with Crippen LogP contribution in [0.4, 0.5) is 10.5 Å². The zero-order chi connectivity index (χ0) is 65.7. The van der Waals surface area contributed by atoms with Gasteiger partial charge in [0.2, 0.25) is 11.8 Å². The van der Waals surface area contributed by atoms with Gasteiger partial charge < -0.3 is 55.0 Å². The molecular weight excluding hydrogens is 1240 g/mol. The van der Waals surface area contributed by atoms with Gasteiger partial charge in [-0.2, -0.15) is 0 Å². The van der Waals surface area contributed by atoms with Gasteiger partial charge in [0.1, 0.15) is 46.9 Å². The number of ketones is 2. The van der Waals surface area contributed by atoms with E-state index in [0.717, 1.165) is 21.6 Å². The number of carbonyl (C=O) groups excluding carboxylic acids is 9. The number of nitrogens with zero attached hydrogens (tertiary/aromatic N) is 2. The number of urea groups is 1. The monoisotopic (exact) mass is 1330 g/mol. The summed E-state index contributed by atoms with van der Waals surface area (Å²) in [6.45, 7) is 19.7. The molecule has 0 spiro atoms. The Hall–Kier alpha value is -5.97. The molecule has 88 heavy (non-hydrogen) atoms. The van der Waals surface area contributed by atoms with Gasteiger partial charge >= 0.3 is 23.9 Å². The lowest BCUT2D eigenvalue weighted by atomic mass is 9.78. The van der Waals surface area contributed by atoms with Gasteiger partial charge in [-0.3, -0.25) is 28.8 Å². The molecule has 2 fully saturated rings. The normalized spacial score (nSPS) is 24.3. The van der Waals surface area contributed by atoms with Crippen LogP contribution in [-0.4, -0.2) is 150 Å². The maximum absolute atomic E-state index is 14.5. The van der Waals surface area contributed by atoms with Crippen molar-refractivity contribution >= 4 is 98.0 Å². The van der Waals surface area contributed by atoms with E-state index in [4.69, 9.17) is 52.6 Å². The molecule has 2 saturated heterocycles. The number of hydrogen-bond acceptors (Lipinski definition) is 15. The molecule has 0 unspecified atom stereocenters. The Morgan fingerprint density at radius 3 is 2.38 bits per heavy atom. The average molecular weight is 1330 g/mol. The number of anilines is 1. The van der Waals surface area contributed by atoms with E-state index in [1.165, 1.54) is 44.2 Å². The average Bonchev–Trinajstić information content (AvgIpc) is 1.96. The fourth-order valence-corrected chi connectivity index (χ4v) is 12.0. The number of esters is 3. The summed E-state index contributed by atoms with van der Waals surface area (Å²) < 4.78 is 29.8. The maximum atomic E-state index is 14.5. The van der Waals surface area contributed by atoms with Crippen LogP contribution < -0.4 is 21.3 Å². The molecule has 0 aliphatic carbocycles. The number of hydrogen-bond donors (Lipinski definition) is 4. The van der Waals surface area contributed by atoms with Crippen molar-refractivity contribution < 1.29 is 71.9 Å². The molecule has 20 nitrogen and oxygen atoms in total. The molecular formula is C65H88BrCl2N5O15. The molecule has 3 aliphatic rings. The van der Waals surface area contributed by atoms with E-state index >= 15 is 0 Å². The number of likely N-dealkylation sites (N-methyl/N-ethyl adjacent to an activating group) is 1. The van der Waals surface area contributed by atoms with E-state index in [1.54, 1.807) is 46.9 Å². The van der Waals surface area contributed by atoms with Crippen LogP contribution in [0.25, 0.3) is 0 Å². The number of rotatable bonds is 25. The number of ether oxygens (including phenoxy) is 5. The van der Waals surface area contributed by atoms with Crippen molar-refractivity contribution in [1.82, 2.24) is 15.5 Å². The molecule has 3 aliphatic heterocycles. The molecule has 23 heteroatoms. The van der Waals surface area contributed by atoms with Crippen LogP contribution in [0.5, 0.6) is 0 Å². The summed E-state index contributed by atoms with van der Waals surface area (Å²) in [5.41, 5.74) is 5.14. The number of amides is 5. The Labute approximate surface area is 535 Å². The van der Waals surface area contributed by atoms with Crippen LogP contribution in [0.1, 0.15) is 147 Å². The first kappa shape index (κ1) is 72.8. The van der Waals surface area contributed by atoms with Crippen molar-refractivity contribution in [3.63, 3.8) is 0 Å². The predicted molar refractivity (Wildman–Crippen MR) is 338 cm³/mol. The van der Waals surface area contributed by atoms with Crippen molar-refractivity contribution in [2.75, 3.05) is 38.0 Å². The highest BCUT2D eigenvalue weighted by Gasteiger charge is 2.64. The summed E-state index contributed by atoms with van der Waals surface area (Å²) in [4.78, 5) is 124. The number of nitrogens with two attached hydrogens (primary N) is 1. The van der Waals surface area contributed by atoms with Crippen molar-refractivity contribution in [2.24, 2.45) is 23.5 Å². The smallest absolute Gasteiger partial charge is 0.334 e. The number of epoxide rings is 1. The Morgan fingerprint density at radius 2 is 1.74 bits per heavy atom. The number of carbonyl (C=O) groups is 9. The number of alkyl halides is 1. The fraction of sp³-hybridized carbons (Fsp3) is 0.585. The first-order chi connectivity index (χ1) is 41.1. The van der Waals surface area contributed by atoms with E-state index in [2.05, 4.69) is 33.1 Å². The zero-order valence-corrected chi connectivity index (χ0v) is 55.8. The van der Waals surface area contributed by atoms with Crippen LogP contribution in [-0.2, 0) is 70.1 Å². The molecule has 2 aromatic carbocycles. The van der Waals surface area contributed by atoms with Crippen LogP contribution in [0.15, 0.2) is 66.3 Å². The third kappa shape index (κ3) is 19.5. The first-order valence-electron chi connectivity index (χ1n) is 29.8. The van der Waals surface area contributed by atoms with Gasteiger partial charge in [-0.1, -0.05) is 102 Å². The van der Waals surface area contributed by atoms with Gasteiger partial charge in [-0.05, 0) is 121 Å². The summed E-state index contributed by atoms with van der Waals surface area (Å²) in [6.07, 6.45) is 3.17. The second kappa shape index (κ2) is 31.7. The molecule has 4 bridgehead atoms. The number of aryl methyl sites for hydroxylation is 1. The minimum atomic E-state index is -1.65. The van der Waals surface area contributed by atoms with E-state index < -0.39 is 119 Å². The van der Waals surface area contributed by atoms with E-state index in [-0.39, 0.29) is 79.1 Å². The molecule has 484 valence electrons. The third-order valence-electron chi connectivity index (χ3n) is 16.9. The number of primary amides is 1. The minimum absolute atomic E-state index is 0.0118. The predicted octanol–water partition coefficient (Wildman–Crippen LogP) is 9.14. The second-order valence-electron chi connectivity index (χ2n) is 24.9. The number of aliphatic hydroxyl groups is 1. The van der Waals surface area contributed by atoms with Gasteiger partial charge in [0, 0.05) is 76.2 Å². The highest BCUT2D eigenvalue weighted by atomic mass is 79.9. The largest absolute Gasteiger partial charge is 0.462 e. The van der Waals surface area contributed by atoms with Gasteiger partial charge in [0.25, 0.3) is 5.91 Å². The van der Waals surface area contributed by atoms with E-state index in [0.29, 0.717) is 47.5 Å². The van der Waals surface area contributed by atoms with Crippen LogP contribution in [0.3, 0.4) is 0 Å². The van der Waals surface area contributed by atoms with Crippen molar-refractivity contribution in [2.45, 2.75) is 193 Å². The number of nitrogens with one attached hydrogen (secondary N) is 2. The second-order valence-corrected chi connectivity index (χ2v) is 26.2. The molecule has 2 aromatic rings. The molecule has 3 heterocycles. The molecule has 0 radical (unpaired) electrons. The molecule has 5 N–H and O–H groups in total. The van der Waals surface area contributed by atoms with Crippen molar-refractivity contribution in [3.05, 3.63) is 98.6 Å². The van der Waals surface area contributed by atoms with Crippen LogP contribution >= 0.6 is 39.1 Å². The molecule has 5 amide bonds. The van der Waals surface area contributed by atoms with Crippen LogP contribution in [0, 0.1) is 24.7 Å². The number of methoxy groups -OCH3 is 1. The Kier molecular flexibility index (Phi) is 26.2. The summed E-state index contributed by atoms with van der Waals surface area (Å²) in [5.74, 6) is -5.87. The summed E-state index contributed by atoms with van der Waals surface area (Å²) in [5, 5.41) is 18.0. The molecule has 5 rings (SSSR count). The number of benzene rings is 2. The molecule has 10 atom stereocenters. The highest BCUT2D eigenvalue weighted by Crippen LogP contribution is 2.50. The third-order valence-corrected chi connectivity index (χ3v) is 18.4. The van der Waals surface area contributed by atoms with E-state index in [9.17, 15) is 48.3 Å². The number of unbranched alkanes of at least 4 members (excludes halogenated alkanes) is 1. The summed E-state index contributed by atoms with van der Waals surface area (Å²) in [7, 11) is 4.40. The Morgan fingerprint density at radius 1 is 1.05 bits per heavy atom.